The Morgan fingerprint density at radius 1 is 1.19 bits per heavy atom. The first-order valence-corrected chi connectivity index (χ1v) is 12.3. The third-order valence-corrected chi connectivity index (χ3v) is 7.39. The minimum atomic E-state index is -3.36. The second-order valence-electron chi connectivity index (χ2n) is 7.64. The zero-order valence-electron chi connectivity index (χ0n) is 18.5. The lowest BCUT2D eigenvalue weighted by atomic mass is 10.1. The van der Waals surface area contributed by atoms with Crippen LogP contribution >= 0.6 is 24.0 Å². The van der Waals surface area contributed by atoms with E-state index in [0.717, 1.165) is 69.2 Å². The largest absolute Gasteiger partial charge is 0.385 e. The monoisotopic (exact) mass is 566 g/mol. The first-order valence-electron chi connectivity index (χ1n) is 10.7. The van der Waals surface area contributed by atoms with Crippen molar-refractivity contribution in [2.75, 3.05) is 63.6 Å². The molecule has 1 aromatic rings. The van der Waals surface area contributed by atoms with Crippen molar-refractivity contribution in [2.45, 2.75) is 31.8 Å². The van der Waals surface area contributed by atoms with Crippen LogP contribution in [-0.4, -0.2) is 84.7 Å². The lowest BCUT2D eigenvalue weighted by Gasteiger charge is -2.34. The molecule has 31 heavy (non-hydrogen) atoms. The number of hydrogen-bond acceptors (Lipinski definition) is 5. The minimum absolute atomic E-state index is 0. The fraction of sp³-hybridized carbons (Fsp3) is 0.667. The number of halogens is 1. The normalized spacial score (nSPS) is 17.4. The molecule has 176 valence electrons. The average molecular weight is 567 g/mol. The van der Waals surface area contributed by atoms with Crippen LogP contribution in [0.15, 0.2) is 29.3 Å². The lowest BCUT2D eigenvalue weighted by Crippen LogP contribution is -2.48. The Hall–Kier alpha value is -1.11. The van der Waals surface area contributed by atoms with Gasteiger partial charge in [-0.2, -0.15) is 0 Å². The van der Waals surface area contributed by atoms with Gasteiger partial charge in [0.15, 0.2) is 5.96 Å². The van der Waals surface area contributed by atoms with Crippen LogP contribution in [0, 0.1) is 0 Å². The number of likely N-dealkylation sites (tertiary alicyclic amines) is 1. The number of methoxy groups -OCH3 is 1. The smallest absolute Gasteiger partial charge is 0.236 e. The van der Waals surface area contributed by atoms with Gasteiger partial charge in [0.2, 0.25) is 10.0 Å². The van der Waals surface area contributed by atoms with Crippen LogP contribution in [0.2, 0.25) is 0 Å². The van der Waals surface area contributed by atoms with E-state index in [1.54, 1.807) is 18.5 Å². The Bertz CT molecular complexity index is 813. The molecule has 1 fully saturated rings. The van der Waals surface area contributed by atoms with Crippen molar-refractivity contribution >= 4 is 45.6 Å². The summed E-state index contributed by atoms with van der Waals surface area (Å²) in [6, 6.07) is 7.72. The first-order chi connectivity index (χ1) is 14.5. The number of sulfonamides is 1. The molecule has 1 N–H and O–H groups in total. The number of benzene rings is 1. The maximum atomic E-state index is 12.8. The van der Waals surface area contributed by atoms with Crippen LogP contribution in [0.4, 0.5) is 5.69 Å². The SMILES string of the molecule is CN=C(NCCS(=O)(=O)N1CCc2ccccc21)N1CCC(OCCCOC)CC1.I. The van der Waals surface area contributed by atoms with Crippen molar-refractivity contribution in [2.24, 2.45) is 4.99 Å². The van der Waals surface area contributed by atoms with Gasteiger partial charge in [0.25, 0.3) is 0 Å². The Morgan fingerprint density at radius 2 is 1.94 bits per heavy atom. The van der Waals surface area contributed by atoms with E-state index in [1.165, 1.54) is 0 Å². The summed E-state index contributed by atoms with van der Waals surface area (Å²) in [5.74, 6) is 0.796. The van der Waals surface area contributed by atoms with Crippen molar-refractivity contribution in [3.05, 3.63) is 29.8 Å². The van der Waals surface area contributed by atoms with Gasteiger partial charge in [0, 0.05) is 53.6 Å². The molecule has 0 bridgehead atoms. The molecule has 0 amide bonds. The van der Waals surface area contributed by atoms with Crippen molar-refractivity contribution < 1.29 is 17.9 Å². The van der Waals surface area contributed by atoms with Crippen LogP contribution in [0.3, 0.4) is 0 Å². The van der Waals surface area contributed by atoms with Gasteiger partial charge in [0.05, 0.1) is 17.5 Å². The van der Waals surface area contributed by atoms with E-state index in [4.69, 9.17) is 9.47 Å². The van der Waals surface area contributed by atoms with Gasteiger partial charge in [-0.25, -0.2) is 8.42 Å². The molecule has 2 heterocycles. The molecule has 1 aromatic carbocycles. The van der Waals surface area contributed by atoms with Gasteiger partial charge >= 0.3 is 0 Å². The average Bonchev–Trinajstić information content (AvgIpc) is 3.20. The third kappa shape index (κ3) is 7.19. The molecule has 1 saturated heterocycles. The van der Waals surface area contributed by atoms with Crippen molar-refractivity contribution in [3.8, 4) is 0 Å². The standard InChI is InChI=1S/C21H34N4O4S.HI/c1-22-21(24-12-9-19(10-13-24)29-16-5-15-28-2)23-11-17-30(26,27)25-14-8-18-6-3-4-7-20(18)25;/h3-4,6-7,19H,5,8-17H2,1-2H3,(H,22,23);1H. The van der Waals surface area contributed by atoms with Crippen LogP contribution in [0.25, 0.3) is 0 Å². The van der Waals surface area contributed by atoms with E-state index < -0.39 is 10.0 Å². The van der Waals surface area contributed by atoms with Gasteiger partial charge in [-0.3, -0.25) is 9.30 Å². The van der Waals surface area contributed by atoms with Crippen molar-refractivity contribution in [1.29, 1.82) is 0 Å². The van der Waals surface area contributed by atoms with Gasteiger partial charge in [-0.1, -0.05) is 18.2 Å². The van der Waals surface area contributed by atoms with Crippen molar-refractivity contribution in [3.63, 3.8) is 0 Å². The molecule has 0 aromatic heterocycles. The Balaban J connectivity index is 0.00000341. The zero-order valence-corrected chi connectivity index (χ0v) is 21.6. The second-order valence-corrected chi connectivity index (χ2v) is 9.66. The number of nitrogens with one attached hydrogen (secondary N) is 1. The van der Waals surface area contributed by atoms with Crippen LogP contribution < -0.4 is 9.62 Å². The van der Waals surface area contributed by atoms with Crippen LogP contribution in [0.1, 0.15) is 24.8 Å². The van der Waals surface area contributed by atoms with E-state index in [2.05, 4.69) is 15.2 Å². The van der Waals surface area contributed by atoms with E-state index in [9.17, 15) is 8.42 Å². The summed E-state index contributed by atoms with van der Waals surface area (Å²) in [6.45, 7) is 4.00. The molecular formula is C21H35IN4O4S. The number of nitrogens with zero attached hydrogens (tertiary/aromatic N) is 3. The fourth-order valence-electron chi connectivity index (χ4n) is 4.02. The second kappa shape index (κ2) is 12.8. The molecule has 0 saturated carbocycles. The maximum Gasteiger partial charge on any atom is 0.236 e. The van der Waals surface area contributed by atoms with Gasteiger partial charge in [-0.15, -0.1) is 24.0 Å². The third-order valence-electron chi connectivity index (χ3n) is 5.62. The molecule has 0 radical (unpaired) electrons. The number of guanidine groups is 1. The molecule has 0 atom stereocenters. The van der Waals surface area contributed by atoms with E-state index >= 15 is 0 Å². The predicted octanol–water partition coefficient (Wildman–Crippen LogP) is 2.09. The van der Waals surface area contributed by atoms with E-state index in [1.807, 2.05) is 24.3 Å². The van der Waals surface area contributed by atoms with E-state index in [0.29, 0.717) is 13.1 Å². The number of aliphatic imine (C=N–C) groups is 1. The highest BCUT2D eigenvalue weighted by Gasteiger charge is 2.29. The van der Waals surface area contributed by atoms with Gasteiger partial charge in [0.1, 0.15) is 0 Å². The highest BCUT2D eigenvalue weighted by atomic mass is 127. The van der Waals surface area contributed by atoms with E-state index in [-0.39, 0.29) is 35.8 Å². The Kier molecular flexibility index (Phi) is 10.8. The maximum absolute atomic E-state index is 12.8. The molecule has 10 heteroatoms. The first kappa shape index (κ1) is 26.1. The molecule has 3 rings (SSSR count). The number of piperidine rings is 1. The molecule has 0 spiro atoms. The summed E-state index contributed by atoms with van der Waals surface area (Å²) in [5.41, 5.74) is 1.91. The molecule has 2 aliphatic rings. The molecule has 0 aliphatic carbocycles. The molecule has 2 aliphatic heterocycles. The lowest BCUT2D eigenvalue weighted by molar-refractivity contribution is 0.00993. The van der Waals surface area contributed by atoms with Crippen LogP contribution in [0.5, 0.6) is 0 Å². The topological polar surface area (TPSA) is 83.5 Å². The van der Waals surface area contributed by atoms with Crippen LogP contribution in [-0.2, 0) is 25.9 Å². The number of ether oxygens (including phenoxy) is 2. The minimum Gasteiger partial charge on any atom is -0.385 e. The highest BCUT2D eigenvalue weighted by Crippen LogP contribution is 2.29. The number of fused-ring (bicyclic) bond motifs is 1. The summed E-state index contributed by atoms with van der Waals surface area (Å²) in [4.78, 5) is 6.52. The number of anilines is 1. The zero-order chi connectivity index (χ0) is 21.4. The molecular weight excluding hydrogens is 531 g/mol. The molecule has 8 nitrogen and oxygen atoms in total. The Morgan fingerprint density at radius 3 is 2.65 bits per heavy atom. The highest BCUT2D eigenvalue weighted by molar-refractivity contribution is 14.0. The van der Waals surface area contributed by atoms with Gasteiger partial charge < -0.3 is 19.7 Å². The summed E-state index contributed by atoms with van der Waals surface area (Å²) in [5, 5.41) is 3.23. The summed E-state index contributed by atoms with van der Waals surface area (Å²) < 4.78 is 38.2. The summed E-state index contributed by atoms with van der Waals surface area (Å²) in [6.07, 6.45) is 3.84. The Labute approximate surface area is 203 Å². The van der Waals surface area contributed by atoms with Gasteiger partial charge in [-0.05, 0) is 37.3 Å². The predicted molar refractivity (Wildman–Crippen MR) is 135 cm³/mol. The van der Waals surface area contributed by atoms with Crippen molar-refractivity contribution in [1.82, 2.24) is 10.2 Å². The quantitative estimate of drug-likeness (QED) is 0.214. The number of rotatable bonds is 9. The number of hydrogen-bond donors (Lipinski definition) is 1. The summed E-state index contributed by atoms with van der Waals surface area (Å²) in [7, 11) is 0.0730. The number of para-hydroxylation sites is 1. The fourth-order valence-corrected chi connectivity index (χ4v) is 5.45. The molecule has 0 unspecified atom stereocenters. The summed E-state index contributed by atoms with van der Waals surface area (Å²) >= 11 is 0.